The van der Waals surface area contributed by atoms with E-state index in [0.717, 1.165) is 10.7 Å². The van der Waals surface area contributed by atoms with E-state index in [1.807, 2.05) is 0 Å². The normalized spacial score (nSPS) is 10.4. The highest BCUT2D eigenvalue weighted by Crippen LogP contribution is 2.21. The molecule has 2 aromatic rings. The minimum atomic E-state index is -0.773. The molecule has 7 nitrogen and oxygen atoms in total. The number of hydrogen-bond donors (Lipinski definition) is 2. The molecule has 2 rings (SSSR count). The summed E-state index contributed by atoms with van der Waals surface area (Å²) in [4.78, 5) is 24.4. The van der Waals surface area contributed by atoms with Crippen molar-refractivity contribution in [3.8, 4) is 5.69 Å². The van der Waals surface area contributed by atoms with E-state index in [2.05, 4.69) is 5.10 Å². The molecule has 21 heavy (non-hydrogen) atoms. The van der Waals surface area contributed by atoms with Gasteiger partial charge in [-0.3, -0.25) is 9.59 Å². The number of benzene rings is 1. The van der Waals surface area contributed by atoms with E-state index in [-0.39, 0.29) is 28.5 Å². The van der Waals surface area contributed by atoms with E-state index in [0.29, 0.717) is 0 Å². The van der Waals surface area contributed by atoms with Crippen molar-refractivity contribution in [3.63, 3.8) is 0 Å². The maximum Gasteiger partial charge on any atom is 0.273 e. The van der Waals surface area contributed by atoms with Crippen molar-refractivity contribution in [1.29, 1.82) is 0 Å². The monoisotopic (exact) mass is 291 g/mol. The standard InChI is InChI=1S/C13H14FN5O2/c1-18(2)13(21)10-3-4-19(17-10)11-5-7(12(16)20)9(15)6-8(11)14/h3-6H,15H2,1-2H3,(H2,16,20). The number of nitrogen functional groups attached to an aromatic ring is 1. The van der Waals surface area contributed by atoms with Crippen LogP contribution in [0.25, 0.3) is 5.69 Å². The van der Waals surface area contributed by atoms with Crippen LogP contribution in [0.1, 0.15) is 20.8 Å². The topological polar surface area (TPSA) is 107 Å². The van der Waals surface area contributed by atoms with E-state index < -0.39 is 11.7 Å². The molecule has 2 amide bonds. The Kier molecular flexibility index (Phi) is 3.62. The van der Waals surface area contributed by atoms with Gasteiger partial charge < -0.3 is 16.4 Å². The smallest absolute Gasteiger partial charge is 0.273 e. The number of aromatic nitrogens is 2. The quantitative estimate of drug-likeness (QED) is 0.798. The number of rotatable bonds is 3. The van der Waals surface area contributed by atoms with Crippen molar-refractivity contribution < 1.29 is 14.0 Å². The van der Waals surface area contributed by atoms with Gasteiger partial charge in [0.2, 0.25) is 0 Å². The molecule has 0 saturated carbocycles. The van der Waals surface area contributed by atoms with Gasteiger partial charge in [0.15, 0.2) is 11.5 Å². The Morgan fingerprint density at radius 1 is 1.33 bits per heavy atom. The Bertz CT molecular complexity index is 723. The largest absolute Gasteiger partial charge is 0.398 e. The number of anilines is 1. The van der Waals surface area contributed by atoms with Gasteiger partial charge in [-0.15, -0.1) is 0 Å². The van der Waals surface area contributed by atoms with Gasteiger partial charge in [-0.2, -0.15) is 5.10 Å². The molecule has 0 bridgehead atoms. The van der Waals surface area contributed by atoms with E-state index in [9.17, 15) is 14.0 Å². The Hall–Kier alpha value is -2.90. The van der Waals surface area contributed by atoms with Crippen LogP contribution in [0.15, 0.2) is 24.4 Å². The van der Waals surface area contributed by atoms with Crippen molar-refractivity contribution in [2.24, 2.45) is 5.73 Å². The first-order valence-corrected chi connectivity index (χ1v) is 5.97. The molecule has 1 aromatic heterocycles. The minimum absolute atomic E-state index is 0.0117. The van der Waals surface area contributed by atoms with Crippen LogP contribution >= 0.6 is 0 Å². The third kappa shape index (κ3) is 2.69. The molecular formula is C13H14FN5O2. The molecule has 0 spiro atoms. The number of carbonyl (C=O) groups excluding carboxylic acids is 2. The van der Waals surface area contributed by atoms with Crippen molar-refractivity contribution in [1.82, 2.24) is 14.7 Å². The lowest BCUT2D eigenvalue weighted by Gasteiger charge is -2.09. The number of primary amides is 1. The summed E-state index contributed by atoms with van der Waals surface area (Å²) in [6, 6.07) is 3.64. The second-order valence-corrected chi connectivity index (χ2v) is 4.60. The lowest BCUT2D eigenvalue weighted by molar-refractivity contribution is 0.0821. The number of carbonyl (C=O) groups is 2. The molecule has 0 atom stereocenters. The highest BCUT2D eigenvalue weighted by atomic mass is 19.1. The number of hydrogen-bond acceptors (Lipinski definition) is 4. The molecule has 4 N–H and O–H groups in total. The molecule has 0 aliphatic heterocycles. The molecule has 0 aliphatic rings. The van der Waals surface area contributed by atoms with Crippen molar-refractivity contribution in [2.75, 3.05) is 19.8 Å². The summed E-state index contributed by atoms with van der Waals surface area (Å²) >= 11 is 0. The molecule has 0 aliphatic carbocycles. The third-order valence-corrected chi connectivity index (χ3v) is 2.85. The van der Waals surface area contributed by atoms with Gasteiger partial charge in [-0.1, -0.05) is 0 Å². The van der Waals surface area contributed by atoms with Crippen LogP contribution in [0, 0.1) is 5.82 Å². The maximum absolute atomic E-state index is 14.0. The van der Waals surface area contributed by atoms with Crippen LogP contribution in [0.4, 0.5) is 10.1 Å². The average molecular weight is 291 g/mol. The fourth-order valence-electron chi connectivity index (χ4n) is 1.77. The predicted molar refractivity (Wildman–Crippen MR) is 74.5 cm³/mol. The Labute approximate surface area is 119 Å². The highest BCUT2D eigenvalue weighted by Gasteiger charge is 2.16. The number of amides is 2. The first kappa shape index (κ1) is 14.5. The van der Waals surface area contributed by atoms with Crippen LogP contribution in [-0.4, -0.2) is 40.6 Å². The Balaban J connectivity index is 2.50. The zero-order valence-electron chi connectivity index (χ0n) is 11.5. The minimum Gasteiger partial charge on any atom is -0.398 e. The molecule has 0 fully saturated rings. The molecule has 0 saturated heterocycles. The van der Waals surface area contributed by atoms with E-state index in [1.165, 1.54) is 23.2 Å². The van der Waals surface area contributed by atoms with Crippen LogP contribution in [-0.2, 0) is 0 Å². The van der Waals surface area contributed by atoms with Crippen LogP contribution in [0.3, 0.4) is 0 Å². The predicted octanol–water partition coefficient (Wildman–Crippen LogP) is 0.394. The van der Waals surface area contributed by atoms with Crippen molar-refractivity contribution in [2.45, 2.75) is 0 Å². The van der Waals surface area contributed by atoms with Crippen LogP contribution in [0.2, 0.25) is 0 Å². The highest BCUT2D eigenvalue weighted by molar-refractivity contribution is 5.98. The van der Waals surface area contributed by atoms with Gasteiger partial charge in [-0.05, 0) is 18.2 Å². The van der Waals surface area contributed by atoms with Gasteiger partial charge in [0, 0.05) is 26.0 Å². The molecule has 1 aromatic carbocycles. The lowest BCUT2D eigenvalue weighted by atomic mass is 10.1. The summed E-state index contributed by atoms with van der Waals surface area (Å²) in [7, 11) is 3.16. The summed E-state index contributed by atoms with van der Waals surface area (Å²) < 4.78 is 15.1. The zero-order valence-corrected chi connectivity index (χ0v) is 11.5. The summed E-state index contributed by atoms with van der Waals surface area (Å²) in [6.07, 6.45) is 1.41. The maximum atomic E-state index is 14.0. The summed E-state index contributed by atoms with van der Waals surface area (Å²) in [5, 5.41) is 3.99. The Morgan fingerprint density at radius 2 is 2.00 bits per heavy atom. The van der Waals surface area contributed by atoms with E-state index in [1.54, 1.807) is 14.1 Å². The summed E-state index contributed by atoms with van der Waals surface area (Å²) in [6.45, 7) is 0. The first-order chi connectivity index (χ1) is 9.81. The van der Waals surface area contributed by atoms with Crippen LogP contribution < -0.4 is 11.5 Å². The molecule has 0 radical (unpaired) electrons. The fourth-order valence-corrected chi connectivity index (χ4v) is 1.77. The number of halogens is 1. The average Bonchev–Trinajstić information content (AvgIpc) is 2.86. The molecule has 8 heteroatoms. The second kappa shape index (κ2) is 5.23. The second-order valence-electron chi connectivity index (χ2n) is 4.60. The molecule has 110 valence electrons. The Morgan fingerprint density at radius 3 is 2.57 bits per heavy atom. The van der Waals surface area contributed by atoms with Gasteiger partial charge in [-0.25, -0.2) is 9.07 Å². The van der Waals surface area contributed by atoms with Gasteiger partial charge in [0.05, 0.1) is 5.56 Å². The van der Waals surface area contributed by atoms with Crippen molar-refractivity contribution in [3.05, 3.63) is 41.5 Å². The molecular weight excluding hydrogens is 277 g/mol. The SMILES string of the molecule is CN(C)C(=O)c1ccn(-c2cc(C(N)=O)c(N)cc2F)n1. The molecule has 0 unspecified atom stereocenters. The van der Waals surface area contributed by atoms with Crippen molar-refractivity contribution >= 4 is 17.5 Å². The molecule has 1 heterocycles. The van der Waals surface area contributed by atoms with Crippen LogP contribution in [0.5, 0.6) is 0 Å². The van der Waals surface area contributed by atoms with E-state index >= 15 is 0 Å². The first-order valence-electron chi connectivity index (χ1n) is 5.97. The fraction of sp³-hybridized carbons (Fsp3) is 0.154. The van der Waals surface area contributed by atoms with Gasteiger partial charge in [0.25, 0.3) is 11.8 Å². The van der Waals surface area contributed by atoms with Gasteiger partial charge in [0.1, 0.15) is 5.69 Å². The lowest BCUT2D eigenvalue weighted by Crippen LogP contribution is -2.22. The third-order valence-electron chi connectivity index (χ3n) is 2.85. The zero-order chi connectivity index (χ0) is 15.7. The number of nitrogens with zero attached hydrogens (tertiary/aromatic N) is 3. The summed E-state index contributed by atoms with van der Waals surface area (Å²) in [5.74, 6) is -1.77. The van der Waals surface area contributed by atoms with Gasteiger partial charge >= 0.3 is 0 Å². The number of nitrogens with two attached hydrogens (primary N) is 2. The van der Waals surface area contributed by atoms with E-state index in [4.69, 9.17) is 11.5 Å². The summed E-state index contributed by atoms with van der Waals surface area (Å²) in [5.41, 5.74) is 10.8.